The summed E-state index contributed by atoms with van der Waals surface area (Å²) in [5.74, 6) is 0.278. The number of rotatable bonds is 2. The Balaban J connectivity index is 1.83. The van der Waals surface area contributed by atoms with E-state index in [1.165, 1.54) is 16.0 Å². The van der Waals surface area contributed by atoms with Crippen LogP contribution in [-0.4, -0.2) is 46.8 Å². The summed E-state index contributed by atoms with van der Waals surface area (Å²) in [7, 11) is 1.61. The fourth-order valence-corrected chi connectivity index (χ4v) is 3.44. The quantitative estimate of drug-likeness (QED) is 0.522. The third kappa shape index (κ3) is 2.74. The number of pyridine rings is 2. The molecule has 0 N–H and O–H groups in total. The Kier molecular flexibility index (Phi) is 4.27. The number of hydrogen-bond donors (Lipinski definition) is 0. The van der Waals surface area contributed by atoms with Crippen molar-refractivity contribution >= 4 is 62.4 Å². The van der Waals surface area contributed by atoms with Crippen molar-refractivity contribution in [2.24, 2.45) is 10.2 Å². The molecule has 2 amide bonds. The summed E-state index contributed by atoms with van der Waals surface area (Å²) >= 11 is 9.31. The summed E-state index contributed by atoms with van der Waals surface area (Å²) in [5, 5.41) is 8.58. The lowest BCUT2D eigenvalue weighted by molar-refractivity contribution is -0.113. The number of nitrogens with zero attached hydrogens (tertiary/aromatic N) is 6. The Bertz CT molecular complexity index is 1070. The van der Waals surface area contributed by atoms with E-state index >= 15 is 0 Å². The molecule has 27 heavy (non-hydrogen) atoms. The van der Waals surface area contributed by atoms with Gasteiger partial charge in [-0.2, -0.15) is 0 Å². The number of hydrogen-bond acceptors (Lipinski definition) is 6. The largest absolute Gasteiger partial charge is 0.294 e. The molecule has 10 heteroatoms. The van der Waals surface area contributed by atoms with Crippen molar-refractivity contribution < 1.29 is 9.59 Å². The highest BCUT2D eigenvalue weighted by atomic mass is 79.9. The molecule has 136 valence electrons. The van der Waals surface area contributed by atoms with Crippen LogP contribution >= 0.6 is 27.5 Å². The first-order chi connectivity index (χ1) is 12.9. The molecular formula is C17H12BrClN6O2. The molecule has 4 heterocycles. The Morgan fingerprint density at radius 2 is 1.81 bits per heavy atom. The van der Waals surface area contributed by atoms with E-state index in [2.05, 4.69) is 36.1 Å². The number of likely N-dealkylation sites (N-methyl/N-ethyl adjacent to an activating group) is 2. The Morgan fingerprint density at radius 1 is 1.11 bits per heavy atom. The highest BCUT2D eigenvalue weighted by molar-refractivity contribution is 9.10. The summed E-state index contributed by atoms with van der Waals surface area (Å²) in [6.45, 7) is 2.26. The van der Waals surface area contributed by atoms with Gasteiger partial charge in [0.1, 0.15) is 16.2 Å². The molecule has 2 aliphatic rings. The van der Waals surface area contributed by atoms with Crippen LogP contribution in [0.15, 0.2) is 39.2 Å². The maximum atomic E-state index is 12.7. The monoisotopic (exact) mass is 446 g/mol. The molecular weight excluding hydrogens is 436 g/mol. The van der Waals surface area contributed by atoms with Gasteiger partial charge in [0.25, 0.3) is 11.8 Å². The van der Waals surface area contributed by atoms with Gasteiger partial charge in [0.15, 0.2) is 11.4 Å². The van der Waals surface area contributed by atoms with Crippen LogP contribution in [0.4, 0.5) is 11.6 Å². The van der Waals surface area contributed by atoms with E-state index in [4.69, 9.17) is 11.6 Å². The number of fused-ring (bicyclic) bond motifs is 2. The van der Waals surface area contributed by atoms with E-state index in [0.29, 0.717) is 38.9 Å². The zero-order valence-corrected chi connectivity index (χ0v) is 16.6. The minimum absolute atomic E-state index is 0.100. The molecule has 0 fully saturated rings. The number of anilines is 2. The smallest absolute Gasteiger partial charge is 0.280 e. The molecule has 0 aromatic carbocycles. The molecule has 0 atom stereocenters. The van der Waals surface area contributed by atoms with E-state index in [-0.39, 0.29) is 23.2 Å². The number of aromatic nitrogens is 2. The minimum atomic E-state index is -0.345. The molecule has 0 unspecified atom stereocenters. The first-order valence-electron chi connectivity index (χ1n) is 8.00. The van der Waals surface area contributed by atoms with Crippen molar-refractivity contribution in [1.29, 1.82) is 0 Å². The van der Waals surface area contributed by atoms with Gasteiger partial charge in [-0.05, 0) is 41.1 Å². The van der Waals surface area contributed by atoms with Crippen LogP contribution in [0.25, 0.3) is 0 Å². The summed E-state index contributed by atoms with van der Waals surface area (Å²) < 4.78 is 0.604. The molecule has 2 aromatic rings. The molecule has 0 spiro atoms. The molecule has 4 rings (SSSR count). The third-order valence-corrected chi connectivity index (χ3v) is 4.93. The first-order valence-corrected chi connectivity index (χ1v) is 9.18. The van der Waals surface area contributed by atoms with E-state index in [1.807, 2.05) is 6.92 Å². The van der Waals surface area contributed by atoms with Gasteiger partial charge in [0, 0.05) is 19.8 Å². The molecule has 8 nitrogen and oxygen atoms in total. The summed E-state index contributed by atoms with van der Waals surface area (Å²) in [6, 6.07) is 5.06. The Labute approximate surface area is 167 Å². The molecule has 2 aromatic heterocycles. The molecule has 0 bridgehead atoms. The molecule has 0 saturated carbocycles. The Morgan fingerprint density at radius 3 is 2.52 bits per heavy atom. The highest BCUT2D eigenvalue weighted by Crippen LogP contribution is 2.30. The number of carbonyl (C=O) groups is 2. The second-order valence-corrected chi connectivity index (χ2v) is 7.09. The highest BCUT2D eigenvalue weighted by Gasteiger charge is 2.36. The van der Waals surface area contributed by atoms with Gasteiger partial charge < -0.3 is 0 Å². The summed E-state index contributed by atoms with van der Waals surface area (Å²) in [4.78, 5) is 36.6. The topological polar surface area (TPSA) is 91.1 Å². The summed E-state index contributed by atoms with van der Waals surface area (Å²) in [5.41, 5.74) is 1.27. The fourth-order valence-electron chi connectivity index (χ4n) is 2.98. The van der Waals surface area contributed by atoms with Crippen LogP contribution in [0, 0.1) is 0 Å². The van der Waals surface area contributed by atoms with E-state index in [1.54, 1.807) is 25.2 Å². The lowest BCUT2D eigenvalue weighted by atomic mass is 10.2. The van der Waals surface area contributed by atoms with Crippen molar-refractivity contribution in [3.05, 3.63) is 45.1 Å². The molecule has 0 radical (unpaired) electrons. The van der Waals surface area contributed by atoms with Crippen LogP contribution in [0.5, 0.6) is 0 Å². The molecule has 2 aliphatic heterocycles. The normalized spacial score (nSPS) is 18.7. The van der Waals surface area contributed by atoms with Crippen molar-refractivity contribution in [3.63, 3.8) is 0 Å². The maximum Gasteiger partial charge on any atom is 0.280 e. The van der Waals surface area contributed by atoms with Gasteiger partial charge >= 0.3 is 0 Å². The van der Waals surface area contributed by atoms with E-state index < -0.39 is 0 Å². The predicted octanol–water partition coefficient (Wildman–Crippen LogP) is 2.43. The van der Waals surface area contributed by atoms with Crippen LogP contribution < -0.4 is 9.80 Å². The lowest BCUT2D eigenvalue weighted by Crippen LogP contribution is -2.30. The standard InChI is InChI=1S/C17H12BrClN6O2/c1-3-25-14-10(6-8(19)7-20-14)13(17(25)27)23-22-12-9-4-5-11(18)21-15(9)24(2)16(12)26/h4-7H,3H2,1-2H3/b22-12-,23-13-. The van der Waals surface area contributed by atoms with Gasteiger partial charge in [-0.3, -0.25) is 19.4 Å². The third-order valence-electron chi connectivity index (χ3n) is 4.28. The van der Waals surface area contributed by atoms with Gasteiger partial charge in [-0.1, -0.05) is 11.6 Å². The van der Waals surface area contributed by atoms with Crippen molar-refractivity contribution in [2.75, 3.05) is 23.4 Å². The number of amides is 2. The van der Waals surface area contributed by atoms with Crippen LogP contribution in [0.2, 0.25) is 5.02 Å². The van der Waals surface area contributed by atoms with Crippen LogP contribution in [-0.2, 0) is 9.59 Å². The number of halogens is 2. The molecule has 0 saturated heterocycles. The van der Waals surface area contributed by atoms with Crippen LogP contribution in [0.1, 0.15) is 18.1 Å². The average molecular weight is 448 g/mol. The summed E-state index contributed by atoms with van der Waals surface area (Å²) in [6.07, 6.45) is 1.47. The number of carbonyl (C=O) groups excluding carboxylic acids is 2. The maximum absolute atomic E-state index is 12.7. The zero-order chi connectivity index (χ0) is 19.3. The zero-order valence-electron chi connectivity index (χ0n) is 14.3. The SMILES string of the molecule is CCN1C(=O)/C(=N\N=C2/C(=O)N(C)c3nc(Br)ccc32)c2cc(Cl)cnc21. The van der Waals surface area contributed by atoms with Crippen molar-refractivity contribution in [3.8, 4) is 0 Å². The predicted molar refractivity (Wildman–Crippen MR) is 106 cm³/mol. The van der Waals surface area contributed by atoms with Gasteiger partial charge in [-0.15, -0.1) is 10.2 Å². The average Bonchev–Trinajstić information content (AvgIpc) is 3.04. The van der Waals surface area contributed by atoms with Crippen LogP contribution in [0.3, 0.4) is 0 Å². The van der Waals surface area contributed by atoms with Gasteiger partial charge in [0.05, 0.1) is 16.1 Å². The van der Waals surface area contributed by atoms with Crippen molar-refractivity contribution in [2.45, 2.75) is 6.92 Å². The van der Waals surface area contributed by atoms with Crippen molar-refractivity contribution in [1.82, 2.24) is 9.97 Å². The second-order valence-electron chi connectivity index (χ2n) is 5.84. The van der Waals surface area contributed by atoms with E-state index in [0.717, 1.165) is 0 Å². The second kappa shape index (κ2) is 6.50. The van der Waals surface area contributed by atoms with E-state index in [9.17, 15) is 9.59 Å². The first kappa shape index (κ1) is 17.7. The minimum Gasteiger partial charge on any atom is -0.294 e. The molecule has 0 aliphatic carbocycles. The lowest BCUT2D eigenvalue weighted by Gasteiger charge is -2.11. The fraction of sp³-hybridized carbons (Fsp3) is 0.176. The van der Waals surface area contributed by atoms with Gasteiger partial charge in [0.2, 0.25) is 0 Å². The Hall–Kier alpha value is -2.65. The van der Waals surface area contributed by atoms with Gasteiger partial charge in [-0.25, -0.2) is 9.97 Å².